The summed E-state index contributed by atoms with van der Waals surface area (Å²) in [6.07, 6.45) is 0.950. The number of hydrogen-bond acceptors (Lipinski definition) is 5. The number of sulfonamides is 1. The summed E-state index contributed by atoms with van der Waals surface area (Å²) in [4.78, 5) is 12.6. The number of benzene rings is 2. The summed E-state index contributed by atoms with van der Waals surface area (Å²) in [5, 5.41) is 2.47. The van der Waals surface area contributed by atoms with Crippen LogP contribution in [0.5, 0.6) is 11.5 Å². The van der Waals surface area contributed by atoms with Crippen LogP contribution in [0.2, 0.25) is 0 Å². The molecular formula is C16H17FN2O5S. The zero-order valence-corrected chi connectivity index (χ0v) is 14.6. The maximum atomic E-state index is 13.5. The van der Waals surface area contributed by atoms with Crippen LogP contribution in [0.3, 0.4) is 0 Å². The third-order valence-corrected chi connectivity index (χ3v) is 3.77. The number of rotatable bonds is 6. The molecule has 0 saturated carbocycles. The Morgan fingerprint density at radius 1 is 1.04 bits per heavy atom. The van der Waals surface area contributed by atoms with E-state index in [2.05, 4.69) is 10.0 Å². The van der Waals surface area contributed by atoms with E-state index in [4.69, 9.17) is 9.47 Å². The van der Waals surface area contributed by atoms with Gasteiger partial charge >= 0.3 is 0 Å². The highest BCUT2D eigenvalue weighted by atomic mass is 32.2. The Balaban J connectivity index is 2.44. The first-order valence-electron chi connectivity index (χ1n) is 7.05. The third-order valence-electron chi connectivity index (χ3n) is 3.18. The summed E-state index contributed by atoms with van der Waals surface area (Å²) in [6, 6.07) is 8.08. The average Bonchev–Trinajstić information content (AvgIpc) is 2.55. The molecule has 2 aromatic carbocycles. The Labute approximate surface area is 144 Å². The van der Waals surface area contributed by atoms with E-state index in [-0.39, 0.29) is 28.4 Å². The van der Waals surface area contributed by atoms with E-state index < -0.39 is 21.7 Å². The monoisotopic (exact) mass is 368 g/mol. The molecule has 0 radical (unpaired) electrons. The zero-order valence-electron chi connectivity index (χ0n) is 13.8. The summed E-state index contributed by atoms with van der Waals surface area (Å²) in [5.41, 5.74) is 0.0940. The predicted octanol–water partition coefficient (Wildman–Crippen LogP) is 2.47. The summed E-state index contributed by atoms with van der Waals surface area (Å²) in [5.74, 6) is -0.769. The van der Waals surface area contributed by atoms with Gasteiger partial charge < -0.3 is 14.8 Å². The summed E-state index contributed by atoms with van der Waals surface area (Å²) < 4.78 is 48.9. The van der Waals surface area contributed by atoms with Crippen LogP contribution in [0.15, 0.2) is 36.4 Å². The Kier molecular flexibility index (Phi) is 5.48. The second kappa shape index (κ2) is 7.39. The summed E-state index contributed by atoms with van der Waals surface area (Å²) in [7, 11) is -0.825. The van der Waals surface area contributed by atoms with Crippen LogP contribution in [-0.4, -0.2) is 34.8 Å². The molecule has 0 bridgehead atoms. The molecule has 2 N–H and O–H groups in total. The minimum atomic E-state index is -3.61. The highest BCUT2D eigenvalue weighted by Crippen LogP contribution is 2.31. The van der Waals surface area contributed by atoms with Gasteiger partial charge in [-0.05, 0) is 30.3 Å². The van der Waals surface area contributed by atoms with E-state index in [1.807, 2.05) is 0 Å². The average molecular weight is 368 g/mol. The molecule has 1 amide bonds. The first-order chi connectivity index (χ1) is 11.7. The molecule has 25 heavy (non-hydrogen) atoms. The minimum absolute atomic E-state index is 0.0334. The van der Waals surface area contributed by atoms with E-state index in [1.54, 1.807) is 18.2 Å². The Hall–Kier alpha value is -2.81. The van der Waals surface area contributed by atoms with Gasteiger partial charge in [0, 0.05) is 0 Å². The van der Waals surface area contributed by atoms with E-state index >= 15 is 0 Å². The molecule has 0 spiro atoms. The SMILES string of the molecule is COc1cccc(OC)c1C(=O)Nc1cc(F)ccc1NS(C)(=O)=O. The zero-order chi connectivity index (χ0) is 18.6. The molecule has 0 aliphatic heterocycles. The lowest BCUT2D eigenvalue weighted by molar-refractivity contribution is 0.102. The van der Waals surface area contributed by atoms with Gasteiger partial charge in [0.1, 0.15) is 22.9 Å². The van der Waals surface area contributed by atoms with Crippen molar-refractivity contribution in [2.45, 2.75) is 0 Å². The lowest BCUT2D eigenvalue weighted by atomic mass is 10.1. The van der Waals surface area contributed by atoms with Gasteiger partial charge in [-0.2, -0.15) is 0 Å². The van der Waals surface area contributed by atoms with Crippen molar-refractivity contribution in [2.24, 2.45) is 0 Å². The second-order valence-corrected chi connectivity index (χ2v) is 6.80. The van der Waals surface area contributed by atoms with Gasteiger partial charge in [-0.1, -0.05) is 6.07 Å². The van der Waals surface area contributed by atoms with Crippen molar-refractivity contribution in [3.05, 3.63) is 47.8 Å². The molecule has 0 atom stereocenters. The highest BCUT2D eigenvalue weighted by Gasteiger charge is 2.20. The molecule has 0 heterocycles. The molecule has 2 aromatic rings. The van der Waals surface area contributed by atoms with Crippen LogP contribution in [0.4, 0.5) is 15.8 Å². The van der Waals surface area contributed by atoms with Crippen LogP contribution in [0, 0.1) is 5.82 Å². The van der Waals surface area contributed by atoms with Gasteiger partial charge in [0.25, 0.3) is 5.91 Å². The number of halogens is 1. The standard InChI is InChI=1S/C16H17FN2O5S/c1-23-13-5-4-6-14(24-2)15(13)16(20)18-12-9-10(17)7-8-11(12)19-25(3,21)22/h4-9,19H,1-3H3,(H,18,20). The van der Waals surface area contributed by atoms with Crippen LogP contribution < -0.4 is 19.5 Å². The number of anilines is 2. The Morgan fingerprint density at radius 3 is 2.16 bits per heavy atom. The van der Waals surface area contributed by atoms with Crippen LogP contribution in [0.1, 0.15) is 10.4 Å². The Bertz CT molecular complexity index is 877. The fraction of sp³-hybridized carbons (Fsp3) is 0.188. The van der Waals surface area contributed by atoms with E-state index in [1.165, 1.54) is 20.3 Å². The normalized spacial score (nSPS) is 10.9. The number of methoxy groups -OCH3 is 2. The van der Waals surface area contributed by atoms with Crippen molar-refractivity contribution in [1.29, 1.82) is 0 Å². The van der Waals surface area contributed by atoms with Crippen LogP contribution in [0.25, 0.3) is 0 Å². The van der Waals surface area contributed by atoms with Crippen LogP contribution >= 0.6 is 0 Å². The van der Waals surface area contributed by atoms with E-state index in [0.29, 0.717) is 0 Å². The van der Waals surface area contributed by atoms with Gasteiger partial charge in [0.15, 0.2) is 0 Å². The van der Waals surface area contributed by atoms with Crippen molar-refractivity contribution in [3.63, 3.8) is 0 Å². The fourth-order valence-corrected chi connectivity index (χ4v) is 2.75. The first kappa shape index (κ1) is 18.5. The number of hydrogen-bond donors (Lipinski definition) is 2. The smallest absolute Gasteiger partial charge is 0.263 e. The van der Waals surface area contributed by atoms with Gasteiger partial charge in [-0.25, -0.2) is 12.8 Å². The quantitative estimate of drug-likeness (QED) is 0.817. The van der Waals surface area contributed by atoms with E-state index in [0.717, 1.165) is 18.4 Å². The Morgan fingerprint density at radius 2 is 1.64 bits per heavy atom. The molecule has 0 saturated heterocycles. The van der Waals surface area contributed by atoms with Gasteiger partial charge in [-0.3, -0.25) is 9.52 Å². The topological polar surface area (TPSA) is 93.7 Å². The molecule has 0 unspecified atom stereocenters. The maximum Gasteiger partial charge on any atom is 0.263 e. The molecule has 7 nitrogen and oxygen atoms in total. The number of amides is 1. The molecule has 9 heteroatoms. The molecular weight excluding hydrogens is 351 g/mol. The van der Waals surface area contributed by atoms with E-state index in [9.17, 15) is 17.6 Å². The maximum absolute atomic E-state index is 13.5. The lowest BCUT2D eigenvalue weighted by Gasteiger charge is -2.15. The van der Waals surface area contributed by atoms with Crippen molar-refractivity contribution < 1.29 is 27.1 Å². The van der Waals surface area contributed by atoms with Gasteiger partial charge in [-0.15, -0.1) is 0 Å². The second-order valence-electron chi connectivity index (χ2n) is 5.06. The van der Waals surface area contributed by atoms with Crippen molar-refractivity contribution in [3.8, 4) is 11.5 Å². The first-order valence-corrected chi connectivity index (χ1v) is 8.94. The molecule has 0 fully saturated rings. The van der Waals surface area contributed by atoms with Crippen molar-refractivity contribution >= 4 is 27.3 Å². The lowest BCUT2D eigenvalue weighted by Crippen LogP contribution is -2.17. The molecule has 0 aliphatic carbocycles. The van der Waals surface area contributed by atoms with Crippen molar-refractivity contribution in [1.82, 2.24) is 0 Å². The minimum Gasteiger partial charge on any atom is -0.496 e. The third kappa shape index (κ3) is 4.60. The molecule has 0 aliphatic rings. The molecule has 134 valence electrons. The predicted molar refractivity (Wildman–Crippen MR) is 92.4 cm³/mol. The van der Waals surface area contributed by atoms with Gasteiger partial charge in [0.05, 0.1) is 31.9 Å². The summed E-state index contributed by atoms with van der Waals surface area (Å²) in [6.45, 7) is 0. The van der Waals surface area contributed by atoms with Crippen molar-refractivity contribution in [2.75, 3.05) is 30.5 Å². The number of nitrogens with one attached hydrogen (secondary N) is 2. The number of ether oxygens (including phenoxy) is 2. The highest BCUT2D eigenvalue weighted by molar-refractivity contribution is 7.92. The van der Waals surface area contributed by atoms with Gasteiger partial charge in [0.2, 0.25) is 10.0 Å². The number of carbonyl (C=O) groups is 1. The fourth-order valence-electron chi connectivity index (χ4n) is 2.17. The summed E-state index contributed by atoms with van der Waals surface area (Å²) >= 11 is 0. The molecule has 0 aromatic heterocycles. The molecule has 2 rings (SSSR count). The number of carbonyl (C=O) groups excluding carboxylic acids is 1. The largest absolute Gasteiger partial charge is 0.496 e. The van der Waals surface area contributed by atoms with Crippen LogP contribution in [-0.2, 0) is 10.0 Å².